The summed E-state index contributed by atoms with van der Waals surface area (Å²) in [5, 5.41) is 12.6. The smallest absolute Gasteiger partial charge is 0.260 e. The molecule has 1 atom stereocenters. The monoisotopic (exact) mass is 845 g/mol. The van der Waals surface area contributed by atoms with Gasteiger partial charge in [0.25, 0.3) is 17.7 Å². The molecule has 0 spiro atoms. The number of phenols is 1. The molecule has 61 heavy (non-hydrogen) atoms. The molecule has 3 amide bonds. The van der Waals surface area contributed by atoms with E-state index in [0.29, 0.717) is 78.7 Å². The van der Waals surface area contributed by atoms with E-state index in [0.717, 1.165) is 49.3 Å². The van der Waals surface area contributed by atoms with Gasteiger partial charge in [-0.1, -0.05) is 36.4 Å². The standard InChI is InChI=1S/C46H47N5O9S/c52-36-13-11-34(12-14-36)50(25-30-6-5-9-32(20-30)44(53)47-28-61(56)57)46(55)39-22-41(49-15-4-3-10-40(39)49)37-23-42-43(60-29-59-42)24-38(37)45(54)51-26-33-8-2-1-7-31(33)21-35(51)27-48-16-18-58-19-17-48/h1-2,5-9,11-14,20,22-24,35,52,61H,3-4,10,15-19,21,25-29H2,(H,47,53)/t35-/m0/s1. The second-order valence-corrected chi connectivity index (χ2v) is 16.8. The van der Waals surface area contributed by atoms with Gasteiger partial charge in [0, 0.05) is 67.0 Å². The van der Waals surface area contributed by atoms with Gasteiger partial charge in [-0.25, -0.2) is 8.42 Å². The lowest BCUT2D eigenvalue weighted by Crippen LogP contribution is -2.52. The normalized spacial score (nSPS) is 17.1. The minimum Gasteiger partial charge on any atom is -0.508 e. The van der Waals surface area contributed by atoms with E-state index in [4.69, 9.17) is 14.2 Å². The Morgan fingerprint density at radius 2 is 1.61 bits per heavy atom. The van der Waals surface area contributed by atoms with Crippen LogP contribution in [0.4, 0.5) is 5.69 Å². The number of aromatic nitrogens is 1. The molecule has 1 saturated heterocycles. The summed E-state index contributed by atoms with van der Waals surface area (Å²) in [5.74, 6) is -0.409. The second-order valence-electron chi connectivity index (χ2n) is 15.8. The number of phenolic OH excluding ortho intramolecular Hbond substituents is 1. The molecule has 0 saturated carbocycles. The van der Waals surface area contributed by atoms with E-state index >= 15 is 9.59 Å². The lowest BCUT2D eigenvalue weighted by atomic mass is 9.92. The van der Waals surface area contributed by atoms with Crippen LogP contribution in [0, 0.1) is 0 Å². The summed E-state index contributed by atoms with van der Waals surface area (Å²) in [4.78, 5) is 49.2. The Morgan fingerprint density at radius 3 is 2.39 bits per heavy atom. The van der Waals surface area contributed by atoms with Crippen LogP contribution in [0.15, 0.2) is 91.0 Å². The third-order valence-electron chi connectivity index (χ3n) is 12.0. The quantitative estimate of drug-likeness (QED) is 0.155. The van der Waals surface area contributed by atoms with Crippen LogP contribution in [0.1, 0.15) is 66.3 Å². The summed E-state index contributed by atoms with van der Waals surface area (Å²) in [6.07, 6.45) is 3.12. The van der Waals surface area contributed by atoms with Gasteiger partial charge in [-0.05, 0) is 97.0 Å². The Kier molecular flexibility index (Phi) is 11.5. The lowest BCUT2D eigenvalue weighted by Gasteiger charge is -2.40. The number of thiol groups is 1. The molecule has 0 aliphatic carbocycles. The highest BCUT2D eigenvalue weighted by atomic mass is 32.2. The van der Waals surface area contributed by atoms with Gasteiger partial charge >= 0.3 is 0 Å². The van der Waals surface area contributed by atoms with Crippen LogP contribution >= 0.6 is 0 Å². The first kappa shape index (κ1) is 40.3. The SMILES string of the molecule is O=C(NC[SH](=O)=O)c1cccc(CN(C(=O)c2cc(-c3cc4c(cc3C(=O)N3Cc5ccccc5C[C@H]3CN3CCOCC3)OCO4)n3c2CCCC3)c2ccc(O)cc2)c1. The predicted molar refractivity (Wildman–Crippen MR) is 228 cm³/mol. The number of fused-ring (bicyclic) bond motifs is 3. The van der Waals surface area contributed by atoms with Gasteiger partial charge in [0.15, 0.2) is 22.2 Å². The second kappa shape index (κ2) is 17.4. The summed E-state index contributed by atoms with van der Waals surface area (Å²) in [6.45, 7) is 4.82. The first-order valence-electron chi connectivity index (χ1n) is 20.6. The zero-order chi connectivity index (χ0) is 42.0. The summed E-state index contributed by atoms with van der Waals surface area (Å²) in [7, 11) is -2.80. The zero-order valence-electron chi connectivity index (χ0n) is 33.6. The summed E-state index contributed by atoms with van der Waals surface area (Å²) < 4.78 is 41.9. The van der Waals surface area contributed by atoms with Crippen molar-refractivity contribution in [3.8, 4) is 28.5 Å². The number of carbonyl (C=O) groups excluding carboxylic acids is 3. The van der Waals surface area contributed by atoms with Crippen molar-refractivity contribution in [3.05, 3.63) is 130 Å². The number of aromatic hydroxyl groups is 1. The van der Waals surface area contributed by atoms with Gasteiger partial charge in [-0.3, -0.25) is 19.3 Å². The highest BCUT2D eigenvalue weighted by molar-refractivity contribution is 7.72. The molecule has 0 radical (unpaired) electrons. The molecule has 5 heterocycles. The van der Waals surface area contributed by atoms with Crippen molar-refractivity contribution in [1.82, 2.24) is 19.7 Å². The summed E-state index contributed by atoms with van der Waals surface area (Å²) >= 11 is 0. The van der Waals surface area contributed by atoms with Gasteiger partial charge in [0.2, 0.25) is 6.79 Å². The Bertz CT molecular complexity index is 2560. The number of anilines is 1. The van der Waals surface area contributed by atoms with Crippen LogP contribution in [0.5, 0.6) is 17.2 Å². The molecule has 0 bridgehead atoms. The zero-order valence-corrected chi connectivity index (χ0v) is 34.5. The molecule has 316 valence electrons. The van der Waals surface area contributed by atoms with Gasteiger partial charge in [-0.2, -0.15) is 0 Å². The fourth-order valence-electron chi connectivity index (χ4n) is 8.93. The average Bonchev–Trinajstić information content (AvgIpc) is 3.92. The van der Waals surface area contributed by atoms with E-state index in [9.17, 15) is 18.3 Å². The van der Waals surface area contributed by atoms with Gasteiger partial charge in [0.05, 0.1) is 30.9 Å². The minimum absolute atomic E-state index is 0.0300. The van der Waals surface area contributed by atoms with Crippen LogP contribution in [0.25, 0.3) is 11.3 Å². The number of morpholine rings is 1. The fourth-order valence-corrected chi connectivity index (χ4v) is 9.20. The minimum atomic E-state index is -2.80. The van der Waals surface area contributed by atoms with Crippen LogP contribution in [0.3, 0.4) is 0 Å². The van der Waals surface area contributed by atoms with E-state index in [2.05, 4.69) is 33.0 Å². The number of hydrogen-bond donors (Lipinski definition) is 3. The van der Waals surface area contributed by atoms with Gasteiger partial charge in [-0.15, -0.1) is 0 Å². The number of rotatable bonds is 11. The topological polar surface area (TPSA) is 160 Å². The van der Waals surface area contributed by atoms with Gasteiger partial charge < -0.3 is 39.0 Å². The molecule has 1 aromatic heterocycles. The van der Waals surface area contributed by atoms with E-state index < -0.39 is 22.5 Å². The number of ether oxygens (including phenoxy) is 3. The first-order valence-corrected chi connectivity index (χ1v) is 22.0. The largest absolute Gasteiger partial charge is 0.508 e. The number of carbonyl (C=O) groups is 3. The molecule has 4 aliphatic heterocycles. The van der Waals surface area contributed by atoms with Crippen LogP contribution < -0.4 is 19.7 Å². The van der Waals surface area contributed by atoms with Crippen molar-refractivity contribution in [2.75, 3.05) is 50.4 Å². The van der Waals surface area contributed by atoms with E-state index in [1.54, 1.807) is 47.4 Å². The molecule has 9 rings (SSSR count). The number of benzene rings is 4. The van der Waals surface area contributed by atoms with Crippen molar-refractivity contribution < 1.29 is 42.1 Å². The molecule has 4 aromatic carbocycles. The third-order valence-corrected chi connectivity index (χ3v) is 12.4. The molecular formula is C46H47N5O9S. The number of nitrogens with one attached hydrogen (secondary N) is 1. The summed E-state index contributed by atoms with van der Waals surface area (Å²) in [6, 6.07) is 26.8. The molecule has 4 aliphatic rings. The molecule has 1 fully saturated rings. The van der Waals surface area contributed by atoms with E-state index in [-0.39, 0.29) is 42.5 Å². The first-order chi connectivity index (χ1) is 29.7. The average molecular weight is 846 g/mol. The number of nitrogens with zero attached hydrogens (tertiary/aromatic N) is 4. The number of hydrogen-bond acceptors (Lipinski definition) is 10. The molecule has 5 aromatic rings. The Hall–Kier alpha value is -6.16. The Labute approximate surface area is 355 Å². The fraction of sp³-hybridized carbons (Fsp3) is 0.326. The molecule has 2 N–H and O–H groups in total. The molecule has 14 nitrogen and oxygen atoms in total. The van der Waals surface area contributed by atoms with Crippen LogP contribution in [-0.2, 0) is 47.9 Å². The van der Waals surface area contributed by atoms with Crippen molar-refractivity contribution in [2.45, 2.75) is 51.4 Å². The van der Waals surface area contributed by atoms with E-state index in [1.165, 1.54) is 17.7 Å². The lowest BCUT2D eigenvalue weighted by molar-refractivity contribution is 0.0193. The predicted octanol–water partition coefficient (Wildman–Crippen LogP) is 4.97. The summed E-state index contributed by atoms with van der Waals surface area (Å²) in [5.41, 5.74) is 6.92. The third kappa shape index (κ3) is 8.45. The van der Waals surface area contributed by atoms with Crippen molar-refractivity contribution in [1.29, 1.82) is 0 Å². The van der Waals surface area contributed by atoms with Crippen LogP contribution in [-0.4, -0.2) is 97.2 Å². The number of amides is 3. The molecule has 15 heteroatoms. The maximum atomic E-state index is 15.3. The van der Waals surface area contributed by atoms with Crippen LogP contribution in [0.2, 0.25) is 0 Å². The molecular weight excluding hydrogens is 799 g/mol. The maximum Gasteiger partial charge on any atom is 0.260 e. The van der Waals surface area contributed by atoms with Gasteiger partial charge in [0.1, 0.15) is 11.6 Å². The van der Waals surface area contributed by atoms with Crippen molar-refractivity contribution in [2.24, 2.45) is 0 Å². The Balaban J connectivity index is 1.11. The van der Waals surface area contributed by atoms with Crippen molar-refractivity contribution in [3.63, 3.8) is 0 Å². The molecule has 0 unspecified atom stereocenters. The van der Waals surface area contributed by atoms with Crippen molar-refractivity contribution >= 4 is 34.1 Å². The van der Waals surface area contributed by atoms with E-state index in [1.807, 2.05) is 23.1 Å². The highest BCUT2D eigenvalue weighted by Gasteiger charge is 2.36. The highest BCUT2D eigenvalue weighted by Crippen LogP contribution is 2.42. The Morgan fingerprint density at radius 1 is 0.836 bits per heavy atom. The maximum absolute atomic E-state index is 15.3.